The van der Waals surface area contributed by atoms with Crippen molar-refractivity contribution in [3.63, 3.8) is 0 Å². The molecule has 0 spiro atoms. The molecular formula is C18H22O5. The number of aromatic hydroxyl groups is 2. The molecule has 0 fully saturated rings. The van der Waals surface area contributed by atoms with Crippen LogP contribution in [0.15, 0.2) is 23.8 Å². The van der Waals surface area contributed by atoms with Crippen LogP contribution in [0.25, 0.3) is 0 Å². The van der Waals surface area contributed by atoms with E-state index in [1.165, 1.54) is 6.07 Å². The fraction of sp³-hybridized carbons (Fsp3) is 0.444. The Balaban J connectivity index is 2.51. The summed E-state index contributed by atoms with van der Waals surface area (Å²) in [6.45, 7) is 5.54. The number of phenolic OH excluding ortho intramolecular Hbond substituents is 2. The second kappa shape index (κ2) is 6.86. The minimum Gasteiger partial charge on any atom is -0.508 e. The van der Waals surface area contributed by atoms with E-state index in [4.69, 9.17) is 4.74 Å². The highest BCUT2D eigenvalue weighted by Crippen LogP contribution is 2.30. The number of cyclic esters (lactones) is 1. The van der Waals surface area contributed by atoms with E-state index in [1.807, 2.05) is 19.9 Å². The quantitative estimate of drug-likeness (QED) is 0.718. The van der Waals surface area contributed by atoms with Crippen LogP contribution in [-0.2, 0) is 16.0 Å². The summed E-state index contributed by atoms with van der Waals surface area (Å²) in [4.78, 5) is 24.7. The number of benzene rings is 1. The Hall–Kier alpha value is -2.30. The van der Waals surface area contributed by atoms with Crippen LogP contribution in [0.4, 0.5) is 0 Å². The molecule has 0 saturated carbocycles. The lowest BCUT2D eigenvalue weighted by atomic mass is 9.93. The number of allylic oxidation sites excluding steroid dienone is 2. The highest BCUT2D eigenvalue weighted by molar-refractivity contribution is 6.11. The summed E-state index contributed by atoms with van der Waals surface area (Å²) in [5.41, 5.74) is 0.835. The van der Waals surface area contributed by atoms with Gasteiger partial charge in [0.25, 0.3) is 0 Å². The summed E-state index contributed by atoms with van der Waals surface area (Å²) in [5, 5.41) is 19.7. The van der Waals surface area contributed by atoms with Gasteiger partial charge in [0.1, 0.15) is 17.6 Å². The molecule has 0 saturated heterocycles. The molecular weight excluding hydrogens is 296 g/mol. The summed E-state index contributed by atoms with van der Waals surface area (Å²) >= 11 is 0. The van der Waals surface area contributed by atoms with Crippen molar-refractivity contribution in [2.45, 2.75) is 46.1 Å². The van der Waals surface area contributed by atoms with Gasteiger partial charge < -0.3 is 14.9 Å². The summed E-state index contributed by atoms with van der Waals surface area (Å²) in [5.74, 6) is -1.17. The van der Waals surface area contributed by atoms with Crippen LogP contribution in [0, 0.1) is 5.92 Å². The number of carbonyl (C=O) groups excluding carboxylic acids is 2. The molecule has 0 aromatic heterocycles. The second-order valence-electron chi connectivity index (χ2n) is 6.14. The lowest BCUT2D eigenvalue weighted by molar-refractivity contribution is -0.149. The normalized spacial score (nSPS) is 25.4. The van der Waals surface area contributed by atoms with Gasteiger partial charge in [-0.3, -0.25) is 9.59 Å². The molecule has 0 unspecified atom stereocenters. The van der Waals surface area contributed by atoms with Gasteiger partial charge in [-0.2, -0.15) is 0 Å². The first-order chi connectivity index (χ1) is 10.8. The summed E-state index contributed by atoms with van der Waals surface area (Å²) in [6, 6.07) is 2.42. The van der Waals surface area contributed by atoms with Crippen molar-refractivity contribution in [1.29, 1.82) is 0 Å². The zero-order valence-electron chi connectivity index (χ0n) is 13.6. The van der Waals surface area contributed by atoms with Crippen LogP contribution in [0.2, 0.25) is 0 Å². The van der Waals surface area contributed by atoms with Gasteiger partial charge in [0.05, 0.1) is 12.0 Å². The Morgan fingerprint density at radius 1 is 1.17 bits per heavy atom. The van der Waals surface area contributed by atoms with Crippen LogP contribution in [-0.4, -0.2) is 28.1 Å². The van der Waals surface area contributed by atoms with Gasteiger partial charge >= 0.3 is 5.97 Å². The molecule has 0 radical (unpaired) electrons. The van der Waals surface area contributed by atoms with E-state index >= 15 is 0 Å². The van der Waals surface area contributed by atoms with Crippen molar-refractivity contribution >= 4 is 11.8 Å². The Morgan fingerprint density at radius 3 is 2.57 bits per heavy atom. The number of fused-ring (bicyclic) bond motifs is 1. The maximum atomic E-state index is 12.6. The number of phenols is 2. The minimum absolute atomic E-state index is 0.0507. The fourth-order valence-electron chi connectivity index (χ4n) is 2.68. The van der Waals surface area contributed by atoms with E-state index in [-0.39, 0.29) is 46.9 Å². The largest absolute Gasteiger partial charge is 0.508 e. The van der Waals surface area contributed by atoms with Crippen molar-refractivity contribution in [2.24, 2.45) is 5.92 Å². The third-order valence-corrected chi connectivity index (χ3v) is 4.30. The van der Waals surface area contributed by atoms with Gasteiger partial charge in [-0.25, -0.2) is 0 Å². The second-order valence-corrected chi connectivity index (χ2v) is 6.14. The number of hydrogen-bond donors (Lipinski definition) is 2. The van der Waals surface area contributed by atoms with E-state index in [1.54, 1.807) is 6.92 Å². The third kappa shape index (κ3) is 3.92. The zero-order chi connectivity index (χ0) is 17.1. The molecule has 2 atom stereocenters. The monoisotopic (exact) mass is 318 g/mol. The van der Waals surface area contributed by atoms with Crippen LogP contribution < -0.4 is 0 Å². The van der Waals surface area contributed by atoms with Crippen molar-refractivity contribution in [3.05, 3.63) is 34.9 Å². The standard InChI is InChI=1S/C18H22O5/c1-10-5-4-6-11(2)18(22)17-13(7-14(19)9-15(17)20)8-16(21)23-12(10)3/h6-7,9-10,12,19-20H,4-5,8H2,1-3H3/b11-6-/t10-,12-/m1/s1. The van der Waals surface area contributed by atoms with E-state index in [9.17, 15) is 19.8 Å². The van der Waals surface area contributed by atoms with Gasteiger partial charge in [-0.05, 0) is 49.8 Å². The van der Waals surface area contributed by atoms with Gasteiger partial charge in [0, 0.05) is 6.07 Å². The SMILES string of the molecule is C/C1=C/CC[C@@H](C)[C@@H](C)OC(=O)Cc2cc(O)cc(O)c2C1=O. The van der Waals surface area contributed by atoms with Crippen molar-refractivity contribution in [1.82, 2.24) is 0 Å². The van der Waals surface area contributed by atoms with Crippen LogP contribution in [0.5, 0.6) is 11.5 Å². The Kier molecular flexibility index (Phi) is 5.08. The number of carbonyl (C=O) groups is 2. The first-order valence-corrected chi connectivity index (χ1v) is 7.75. The predicted octanol–water partition coefficient (Wildman–Crippen LogP) is 3.13. The van der Waals surface area contributed by atoms with Gasteiger partial charge in [0.2, 0.25) is 0 Å². The van der Waals surface area contributed by atoms with Crippen molar-refractivity contribution < 1.29 is 24.5 Å². The van der Waals surface area contributed by atoms with Gasteiger partial charge in [-0.1, -0.05) is 13.0 Å². The first-order valence-electron chi connectivity index (χ1n) is 7.75. The molecule has 0 aliphatic carbocycles. The Bertz CT molecular complexity index is 660. The van der Waals surface area contributed by atoms with E-state index < -0.39 is 5.97 Å². The molecule has 5 nitrogen and oxygen atoms in total. The number of ether oxygens (including phenoxy) is 1. The molecule has 1 heterocycles. The summed E-state index contributed by atoms with van der Waals surface area (Å²) in [7, 11) is 0. The molecule has 1 aliphatic rings. The zero-order valence-corrected chi connectivity index (χ0v) is 13.6. The highest BCUT2D eigenvalue weighted by Gasteiger charge is 2.24. The average Bonchev–Trinajstić information content (AvgIpc) is 2.44. The molecule has 1 aliphatic heterocycles. The molecule has 1 aromatic rings. The molecule has 0 bridgehead atoms. The van der Waals surface area contributed by atoms with Crippen molar-refractivity contribution in [3.8, 4) is 11.5 Å². The van der Waals surface area contributed by atoms with Crippen LogP contribution in [0.3, 0.4) is 0 Å². The Morgan fingerprint density at radius 2 is 1.87 bits per heavy atom. The Labute approximate surface area is 135 Å². The summed E-state index contributed by atoms with van der Waals surface area (Å²) < 4.78 is 5.40. The maximum absolute atomic E-state index is 12.6. The predicted molar refractivity (Wildman–Crippen MR) is 85.5 cm³/mol. The molecule has 2 N–H and O–H groups in total. The van der Waals surface area contributed by atoms with E-state index in [2.05, 4.69) is 0 Å². The lowest BCUT2D eigenvalue weighted by Crippen LogP contribution is -2.24. The van der Waals surface area contributed by atoms with Crippen molar-refractivity contribution in [2.75, 3.05) is 0 Å². The minimum atomic E-state index is -0.481. The third-order valence-electron chi connectivity index (χ3n) is 4.30. The highest BCUT2D eigenvalue weighted by atomic mass is 16.5. The summed E-state index contributed by atoms with van der Waals surface area (Å²) in [6.07, 6.45) is 2.92. The topological polar surface area (TPSA) is 83.8 Å². The van der Waals surface area contributed by atoms with E-state index in [0.29, 0.717) is 12.0 Å². The first kappa shape index (κ1) is 17.1. The fourth-order valence-corrected chi connectivity index (χ4v) is 2.68. The smallest absolute Gasteiger partial charge is 0.310 e. The number of esters is 1. The number of Topliss-reactive ketones (excluding diaryl/α,β-unsaturated/α-hetero) is 1. The molecule has 5 heteroatoms. The van der Waals surface area contributed by atoms with E-state index in [0.717, 1.165) is 12.5 Å². The number of hydrogen-bond acceptors (Lipinski definition) is 5. The molecule has 1 aromatic carbocycles. The number of rotatable bonds is 0. The maximum Gasteiger partial charge on any atom is 0.310 e. The van der Waals surface area contributed by atoms with Crippen LogP contribution >= 0.6 is 0 Å². The van der Waals surface area contributed by atoms with Gasteiger partial charge in [0.15, 0.2) is 5.78 Å². The number of ketones is 1. The molecule has 23 heavy (non-hydrogen) atoms. The average molecular weight is 318 g/mol. The molecule has 2 rings (SSSR count). The lowest BCUT2D eigenvalue weighted by Gasteiger charge is -2.21. The molecule has 0 amide bonds. The van der Waals surface area contributed by atoms with Crippen LogP contribution in [0.1, 0.15) is 49.5 Å². The molecule has 124 valence electrons. The van der Waals surface area contributed by atoms with Gasteiger partial charge in [-0.15, -0.1) is 0 Å².